The van der Waals surface area contributed by atoms with Crippen molar-refractivity contribution in [3.8, 4) is 17.1 Å². The Labute approximate surface area is 152 Å². The maximum atomic E-state index is 12.2. The van der Waals surface area contributed by atoms with Gasteiger partial charge < -0.3 is 10.1 Å². The van der Waals surface area contributed by atoms with Crippen LogP contribution in [0.3, 0.4) is 0 Å². The second kappa shape index (κ2) is 8.71. The summed E-state index contributed by atoms with van der Waals surface area (Å²) in [6, 6.07) is 7.75. The second-order valence-electron chi connectivity index (χ2n) is 5.86. The second-order valence-corrected chi connectivity index (χ2v) is 7.17. The Balaban J connectivity index is 2.26. The van der Waals surface area contributed by atoms with Crippen molar-refractivity contribution in [2.24, 2.45) is 0 Å². The Kier molecular flexibility index (Phi) is 6.64. The Morgan fingerprint density at radius 3 is 2.56 bits per heavy atom. The van der Waals surface area contributed by atoms with Gasteiger partial charge in [0.1, 0.15) is 5.75 Å². The van der Waals surface area contributed by atoms with Crippen molar-refractivity contribution >= 4 is 17.7 Å². The first-order chi connectivity index (χ1) is 12.0. The fourth-order valence-corrected chi connectivity index (χ4v) is 3.10. The number of benzene rings is 1. The van der Waals surface area contributed by atoms with Gasteiger partial charge in [0.15, 0.2) is 11.0 Å². The minimum absolute atomic E-state index is 0.0147. The van der Waals surface area contributed by atoms with Crippen LogP contribution in [0.2, 0.25) is 0 Å². The summed E-state index contributed by atoms with van der Waals surface area (Å²) < 4.78 is 7.15. The molecular formula is C18H24N4O2S. The molecule has 1 amide bonds. The van der Waals surface area contributed by atoms with Crippen molar-refractivity contribution in [1.29, 1.82) is 0 Å². The van der Waals surface area contributed by atoms with Crippen molar-refractivity contribution in [1.82, 2.24) is 20.1 Å². The number of thioether (sulfide) groups is 1. The first kappa shape index (κ1) is 19.1. The molecule has 1 heterocycles. The lowest BCUT2D eigenvalue weighted by Crippen LogP contribution is -2.36. The molecule has 1 aromatic carbocycles. The third-order valence-electron chi connectivity index (χ3n) is 3.46. The maximum Gasteiger partial charge on any atom is 0.233 e. The van der Waals surface area contributed by atoms with Gasteiger partial charge in [0.2, 0.25) is 5.91 Å². The molecule has 0 aliphatic carbocycles. The van der Waals surface area contributed by atoms with Gasteiger partial charge in [-0.25, -0.2) is 0 Å². The molecule has 2 aromatic rings. The molecule has 7 heteroatoms. The number of nitrogens with one attached hydrogen (secondary N) is 1. The fraction of sp³-hybridized carbons (Fsp3) is 0.389. The third-order valence-corrected chi connectivity index (χ3v) is 4.54. The van der Waals surface area contributed by atoms with Gasteiger partial charge in [-0.15, -0.1) is 16.8 Å². The standard InChI is InChI=1S/C18H24N4O2S/c1-6-11-22-16(14-7-9-15(24-5)10-8-14)20-21-18(22)25-13(4)17(23)19-12(2)3/h6-10,12-13H,1,11H2,2-5H3,(H,19,23)/t13-/m1/s1. The molecule has 0 unspecified atom stereocenters. The number of nitrogens with zero attached hydrogens (tertiary/aromatic N) is 3. The number of hydrogen-bond donors (Lipinski definition) is 1. The lowest BCUT2D eigenvalue weighted by molar-refractivity contribution is -0.120. The van der Waals surface area contributed by atoms with E-state index < -0.39 is 0 Å². The Morgan fingerprint density at radius 1 is 1.32 bits per heavy atom. The summed E-state index contributed by atoms with van der Waals surface area (Å²) in [7, 11) is 1.63. The molecule has 1 atom stereocenters. The number of aromatic nitrogens is 3. The van der Waals surface area contributed by atoms with Crippen LogP contribution in [0.25, 0.3) is 11.4 Å². The van der Waals surface area contributed by atoms with Crippen molar-refractivity contribution in [3.63, 3.8) is 0 Å². The van der Waals surface area contributed by atoms with E-state index in [4.69, 9.17) is 4.74 Å². The summed E-state index contributed by atoms with van der Waals surface area (Å²) >= 11 is 1.39. The zero-order valence-corrected chi connectivity index (χ0v) is 15.8. The quantitative estimate of drug-likeness (QED) is 0.578. The molecule has 0 spiro atoms. The molecular weight excluding hydrogens is 336 g/mol. The molecule has 1 N–H and O–H groups in total. The number of ether oxygens (including phenoxy) is 1. The van der Waals surface area contributed by atoms with E-state index in [-0.39, 0.29) is 17.2 Å². The first-order valence-electron chi connectivity index (χ1n) is 8.11. The molecule has 0 aliphatic rings. The lowest BCUT2D eigenvalue weighted by atomic mass is 10.2. The van der Waals surface area contributed by atoms with Gasteiger partial charge in [0, 0.05) is 18.2 Å². The topological polar surface area (TPSA) is 69.0 Å². The number of amides is 1. The van der Waals surface area contributed by atoms with E-state index in [9.17, 15) is 4.79 Å². The molecule has 0 aliphatic heterocycles. The first-order valence-corrected chi connectivity index (χ1v) is 8.99. The van der Waals surface area contributed by atoms with Crippen molar-refractivity contribution in [2.45, 2.75) is 43.8 Å². The van der Waals surface area contributed by atoms with Gasteiger partial charge in [0.25, 0.3) is 0 Å². The van der Waals surface area contributed by atoms with E-state index in [0.29, 0.717) is 11.7 Å². The normalized spacial score (nSPS) is 12.0. The highest BCUT2D eigenvalue weighted by Crippen LogP contribution is 2.28. The van der Waals surface area contributed by atoms with E-state index in [0.717, 1.165) is 17.1 Å². The molecule has 6 nitrogen and oxygen atoms in total. The molecule has 1 aromatic heterocycles. The van der Waals surface area contributed by atoms with Gasteiger partial charge in [0.05, 0.1) is 12.4 Å². The summed E-state index contributed by atoms with van der Waals surface area (Å²) in [5.41, 5.74) is 0.932. The van der Waals surface area contributed by atoms with E-state index in [1.54, 1.807) is 13.2 Å². The van der Waals surface area contributed by atoms with Crippen LogP contribution in [0.4, 0.5) is 0 Å². The van der Waals surface area contributed by atoms with Crippen LogP contribution in [-0.2, 0) is 11.3 Å². The number of hydrogen-bond acceptors (Lipinski definition) is 5. The van der Waals surface area contributed by atoms with Crippen molar-refractivity contribution < 1.29 is 9.53 Å². The van der Waals surface area contributed by atoms with Crippen LogP contribution in [-0.4, -0.2) is 39.1 Å². The van der Waals surface area contributed by atoms with Crippen molar-refractivity contribution in [2.75, 3.05) is 7.11 Å². The van der Waals surface area contributed by atoms with Crippen LogP contribution in [0.15, 0.2) is 42.1 Å². The number of rotatable bonds is 8. The van der Waals surface area contributed by atoms with E-state index >= 15 is 0 Å². The summed E-state index contributed by atoms with van der Waals surface area (Å²) in [6.45, 7) is 10.1. The van der Waals surface area contributed by atoms with E-state index in [1.165, 1.54) is 11.8 Å². The third kappa shape index (κ3) is 4.85. The van der Waals surface area contributed by atoms with Crippen LogP contribution in [0.1, 0.15) is 20.8 Å². The molecule has 25 heavy (non-hydrogen) atoms. The predicted octanol–water partition coefficient (Wildman–Crippen LogP) is 3.14. The molecule has 0 saturated heterocycles. The number of carbonyl (C=O) groups is 1. The monoisotopic (exact) mass is 360 g/mol. The van der Waals surface area contributed by atoms with Crippen LogP contribution in [0, 0.1) is 0 Å². The van der Waals surface area contributed by atoms with Gasteiger partial charge in [-0.3, -0.25) is 9.36 Å². The molecule has 0 fully saturated rings. The van der Waals surface area contributed by atoms with Crippen LogP contribution in [0.5, 0.6) is 5.75 Å². The lowest BCUT2D eigenvalue weighted by Gasteiger charge is -2.14. The summed E-state index contributed by atoms with van der Waals surface area (Å²) in [6.07, 6.45) is 1.79. The highest BCUT2D eigenvalue weighted by atomic mass is 32.2. The zero-order valence-electron chi connectivity index (χ0n) is 15.0. The molecule has 2 rings (SSSR count). The minimum Gasteiger partial charge on any atom is -0.497 e. The minimum atomic E-state index is -0.265. The van der Waals surface area contributed by atoms with Gasteiger partial charge in [-0.2, -0.15) is 0 Å². The highest BCUT2D eigenvalue weighted by Gasteiger charge is 2.20. The largest absolute Gasteiger partial charge is 0.497 e. The maximum absolute atomic E-state index is 12.2. The van der Waals surface area contributed by atoms with Gasteiger partial charge in [-0.1, -0.05) is 17.8 Å². The predicted molar refractivity (Wildman–Crippen MR) is 101 cm³/mol. The van der Waals surface area contributed by atoms with E-state index in [1.807, 2.05) is 49.6 Å². The average Bonchev–Trinajstić information content (AvgIpc) is 2.97. The van der Waals surface area contributed by atoms with Gasteiger partial charge in [-0.05, 0) is 45.0 Å². The fourth-order valence-electron chi connectivity index (χ4n) is 2.24. The zero-order chi connectivity index (χ0) is 18.4. The SMILES string of the molecule is C=CCn1c(S[C@H](C)C(=O)NC(C)C)nnc1-c1ccc(OC)cc1. The van der Waals surface area contributed by atoms with Crippen LogP contribution < -0.4 is 10.1 Å². The highest BCUT2D eigenvalue weighted by molar-refractivity contribution is 8.00. The molecule has 0 bridgehead atoms. The molecule has 0 saturated carbocycles. The Hall–Kier alpha value is -2.28. The Morgan fingerprint density at radius 2 is 2.00 bits per heavy atom. The van der Waals surface area contributed by atoms with Crippen LogP contribution >= 0.6 is 11.8 Å². The number of methoxy groups -OCH3 is 1. The smallest absolute Gasteiger partial charge is 0.233 e. The van der Waals surface area contributed by atoms with Gasteiger partial charge >= 0.3 is 0 Å². The van der Waals surface area contributed by atoms with Crippen molar-refractivity contribution in [3.05, 3.63) is 36.9 Å². The summed E-state index contributed by atoms with van der Waals surface area (Å²) in [5.74, 6) is 1.51. The summed E-state index contributed by atoms with van der Waals surface area (Å²) in [5, 5.41) is 11.9. The number of carbonyl (C=O) groups excluding carboxylic acids is 1. The average molecular weight is 360 g/mol. The number of allylic oxidation sites excluding steroid dienone is 1. The Bertz CT molecular complexity index is 725. The molecule has 134 valence electrons. The molecule has 0 radical (unpaired) electrons. The summed E-state index contributed by atoms with van der Waals surface area (Å²) in [4.78, 5) is 12.2. The van der Waals surface area contributed by atoms with E-state index in [2.05, 4.69) is 22.1 Å².